The molecule has 4 rings (SSSR count). The molecule has 7 heteroatoms. The van der Waals surface area contributed by atoms with Crippen LogP contribution in [0.5, 0.6) is 0 Å². The van der Waals surface area contributed by atoms with E-state index in [1.54, 1.807) is 0 Å². The van der Waals surface area contributed by atoms with Crippen LogP contribution < -0.4 is 4.90 Å². The highest BCUT2D eigenvalue weighted by Gasteiger charge is 2.30. The standard InChI is InChI=1S/C23H27Cl2N3O2/c24-20-8-4-9-21(22(20)25)27-14-12-26(13-15-27)10-5-11-28(19-16-30-17-19)23(29)18-6-2-1-3-7-18/h1-4,6-9,19H,5,10-17H2. The number of nitrogens with zero attached hydrogens (tertiary/aromatic N) is 3. The van der Waals surface area contributed by atoms with Crippen LogP contribution in [0.4, 0.5) is 5.69 Å². The molecule has 2 heterocycles. The summed E-state index contributed by atoms with van der Waals surface area (Å²) in [6.45, 7) is 6.79. The molecule has 1 amide bonds. The molecule has 160 valence electrons. The van der Waals surface area contributed by atoms with Crippen LogP contribution in [0.3, 0.4) is 0 Å². The van der Waals surface area contributed by atoms with Crippen LogP contribution in [0.15, 0.2) is 48.5 Å². The van der Waals surface area contributed by atoms with Crippen molar-refractivity contribution >= 4 is 34.8 Å². The molecule has 0 aliphatic carbocycles. The highest BCUT2D eigenvalue weighted by atomic mass is 35.5. The van der Waals surface area contributed by atoms with E-state index in [0.29, 0.717) is 23.3 Å². The summed E-state index contributed by atoms with van der Waals surface area (Å²) in [5.74, 6) is 0.101. The summed E-state index contributed by atoms with van der Waals surface area (Å²) in [7, 11) is 0. The molecule has 0 bridgehead atoms. The Balaban J connectivity index is 1.27. The molecule has 0 radical (unpaired) electrons. The smallest absolute Gasteiger partial charge is 0.254 e. The lowest BCUT2D eigenvalue weighted by Crippen LogP contribution is -2.52. The molecule has 0 atom stereocenters. The van der Waals surface area contributed by atoms with Crippen molar-refractivity contribution in [3.05, 3.63) is 64.1 Å². The van der Waals surface area contributed by atoms with Crippen LogP contribution in [0.25, 0.3) is 0 Å². The van der Waals surface area contributed by atoms with Crippen LogP contribution in [-0.4, -0.2) is 74.2 Å². The number of hydrogen-bond acceptors (Lipinski definition) is 4. The van der Waals surface area contributed by atoms with Gasteiger partial charge in [0.1, 0.15) is 0 Å². The number of piperazine rings is 1. The predicted molar refractivity (Wildman–Crippen MR) is 122 cm³/mol. The van der Waals surface area contributed by atoms with E-state index in [-0.39, 0.29) is 11.9 Å². The second kappa shape index (κ2) is 10.0. The van der Waals surface area contributed by atoms with E-state index in [9.17, 15) is 4.79 Å². The van der Waals surface area contributed by atoms with E-state index in [1.807, 2.05) is 53.4 Å². The average molecular weight is 448 g/mol. The molecule has 0 aromatic heterocycles. The molecule has 2 saturated heterocycles. The normalized spacial score (nSPS) is 17.6. The van der Waals surface area contributed by atoms with Gasteiger partial charge in [0.2, 0.25) is 0 Å². The number of amides is 1. The van der Waals surface area contributed by atoms with Crippen molar-refractivity contribution in [1.29, 1.82) is 0 Å². The zero-order valence-electron chi connectivity index (χ0n) is 17.0. The molecule has 2 fully saturated rings. The molecular formula is C23H27Cl2N3O2. The van der Waals surface area contributed by atoms with Gasteiger partial charge < -0.3 is 14.5 Å². The lowest BCUT2D eigenvalue weighted by Gasteiger charge is -2.39. The van der Waals surface area contributed by atoms with Crippen molar-refractivity contribution in [2.24, 2.45) is 0 Å². The number of carbonyl (C=O) groups is 1. The molecule has 30 heavy (non-hydrogen) atoms. The number of ether oxygens (including phenoxy) is 1. The molecule has 2 aliphatic heterocycles. The van der Waals surface area contributed by atoms with Crippen molar-refractivity contribution < 1.29 is 9.53 Å². The molecule has 0 spiro atoms. The molecule has 0 saturated carbocycles. The fraction of sp³-hybridized carbons (Fsp3) is 0.435. The van der Waals surface area contributed by atoms with Gasteiger partial charge in [0.25, 0.3) is 5.91 Å². The van der Waals surface area contributed by atoms with E-state index >= 15 is 0 Å². The van der Waals surface area contributed by atoms with Gasteiger partial charge in [-0.3, -0.25) is 9.69 Å². The van der Waals surface area contributed by atoms with Gasteiger partial charge in [-0.2, -0.15) is 0 Å². The lowest BCUT2D eigenvalue weighted by atomic mass is 10.1. The Morgan fingerprint density at radius 2 is 1.73 bits per heavy atom. The van der Waals surface area contributed by atoms with E-state index in [2.05, 4.69) is 9.80 Å². The van der Waals surface area contributed by atoms with Gasteiger partial charge in [-0.25, -0.2) is 0 Å². The maximum atomic E-state index is 12.9. The minimum atomic E-state index is 0.101. The van der Waals surface area contributed by atoms with Gasteiger partial charge in [0, 0.05) is 38.3 Å². The number of benzene rings is 2. The maximum absolute atomic E-state index is 12.9. The molecule has 2 aromatic rings. The molecule has 5 nitrogen and oxygen atoms in total. The van der Waals surface area contributed by atoms with Gasteiger partial charge in [-0.15, -0.1) is 0 Å². The monoisotopic (exact) mass is 447 g/mol. The highest BCUT2D eigenvalue weighted by Crippen LogP contribution is 2.32. The van der Waals surface area contributed by atoms with E-state index in [0.717, 1.165) is 56.9 Å². The van der Waals surface area contributed by atoms with E-state index in [1.165, 1.54) is 0 Å². The lowest BCUT2D eigenvalue weighted by molar-refractivity contribution is -0.0547. The Kier molecular flexibility index (Phi) is 7.16. The number of hydrogen-bond donors (Lipinski definition) is 0. The second-order valence-corrected chi connectivity index (χ2v) is 8.60. The molecule has 2 aliphatic rings. The summed E-state index contributed by atoms with van der Waals surface area (Å²) < 4.78 is 5.34. The van der Waals surface area contributed by atoms with Crippen LogP contribution >= 0.6 is 23.2 Å². The number of anilines is 1. The average Bonchev–Trinajstić information content (AvgIpc) is 2.74. The third-order valence-corrected chi connectivity index (χ3v) is 6.67. The van der Waals surface area contributed by atoms with Crippen LogP contribution in [0.1, 0.15) is 16.8 Å². The number of rotatable bonds is 7. The Bertz CT molecular complexity index is 853. The SMILES string of the molecule is O=C(c1ccccc1)N(CCCN1CCN(c2cccc(Cl)c2Cl)CC1)C1COC1. The van der Waals surface area contributed by atoms with Gasteiger partial charge >= 0.3 is 0 Å². The first-order valence-electron chi connectivity index (χ1n) is 10.5. The van der Waals surface area contributed by atoms with Crippen molar-refractivity contribution in [3.8, 4) is 0 Å². The minimum Gasteiger partial charge on any atom is -0.377 e. The number of halogens is 2. The second-order valence-electron chi connectivity index (χ2n) is 7.81. The maximum Gasteiger partial charge on any atom is 0.254 e. The minimum absolute atomic E-state index is 0.101. The van der Waals surface area contributed by atoms with Crippen molar-refractivity contribution in [2.75, 3.05) is 57.4 Å². The van der Waals surface area contributed by atoms with Gasteiger partial charge in [-0.1, -0.05) is 47.5 Å². The highest BCUT2D eigenvalue weighted by molar-refractivity contribution is 6.43. The fourth-order valence-corrected chi connectivity index (χ4v) is 4.43. The third-order valence-electron chi connectivity index (χ3n) is 5.86. The first-order chi connectivity index (χ1) is 14.6. The van der Waals surface area contributed by atoms with Crippen LogP contribution in [0, 0.1) is 0 Å². The summed E-state index contributed by atoms with van der Waals surface area (Å²) in [4.78, 5) is 19.7. The summed E-state index contributed by atoms with van der Waals surface area (Å²) in [6.07, 6.45) is 0.951. The van der Waals surface area contributed by atoms with E-state index in [4.69, 9.17) is 27.9 Å². The molecule has 2 aromatic carbocycles. The summed E-state index contributed by atoms with van der Waals surface area (Å²) >= 11 is 12.5. The van der Waals surface area contributed by atoms with Crippen LogP contribution in [0.2, 0.25) is 10.0 Å². The Morgan fingerprint density at radius 3 is 2.40 bits per heavy atom. The Labute approximate surface area is 188 Å². The van der Waals surface area contributed by atoms with Crippen molar-refractivity contribution in [1.82, 2.24) is 9.80 Å². The first-order valence-corrected chi connectivity index (χ1v) is 11.2. The Hall–Kier alpha value is -1.79. The molecular weight excluding hydrogens is 421 g/mol. The van der Waals surface area contributed by atoms with Gasteiger partial charge in [0.15, 0.2) is 0 Å². The quantitative estimate of drug-likeness (QED) is 0.641. The Morgan fingerprint density at radius 1 is 1.00 bits per heavy atom. The molecule has 0 unspecified atom stereocenters. The topological polar surface area (TPSA) is 36.0 Å². The summed E-state index contributed by atoms with van der Waals surface area (Å²) in [5, 5.41) is 1.23. The third kappa shape index (κ3) is 4.92. The molecule has 0 N–H and O–H groups in total. The predicted octanol–water partition coefficient (Wildman–Crippen LogP) is 4.05. The largest absolute Gasteiger partial charge is 0.377 e. The zero-order valence-corrected chi connectivity index (χ0v) is 18.5. The van der Waals surface area contributed by atoms with Crippen LogP contribution in [-0.2, 0) is 4.74 Å². The van der Waals surface area contributed by atoms with Crippen molar-refractivity contribution in [2.45, 2.75) is 12.5 Å². The number of carbonyl (C=O) groups excluding carboxylic acids is 1. The summed E-state index contributed by atoms with van der Waals surface area (Å²) in [5.41, 5.74) is 1.75. The summed E-state index contributed by atoms with van der Waals surface area (Å²) in [6, 6.07) is 15.5. The van der Waals surface area contributed by atoms with Gasteiger partial charge in [0.05, 0.1) is 35.0 Å². The van der Waals surface area contributed by atoms with E-state index < -0.39 is 0 Å². The van der Waals surface area contributed by atoms with Crippen molar-refractivity contribution in [3.63, 3.8) is 0 Å². The fourth-order valence-electron chi connectivity index (χ4n) is 4.01. The van der Waals surface area contributed by atoms with Gasteiger partial charge in [-0.05, 0) is 37.2 Å². The first kappa shape index (κ1) is 21.4. The zero-order chi connectivity index (χ0) is 20.9.